The standard InChI is InChI=1S/C21H21N3O3/c1-26-18-6-5-15(12-19(18)27-2)21(25)24-10-7-14(8-11-24)16-13-23-17-4-3-9-22-20(16)17/h3-7,9,12-13,23H,8,10-11H2,1-2H3. The molecule has 1 aliphatic heterocycles. The fraction of sp³-hybridized carbons (Fsp3) is 0.238. The molecule has 3 heterocycles. The summed E-state index contributed by atoms with van der Waals surface area (Å²) in [4.78, 5) is 22.4. The van der Waals surface area contributed by atoms with Crippen LogP contribution in [0, 0.1) is 0 Å². The third-order valence-corrected chi connectivity index (χ3v) is 4.91. The van der Waals surface area contributed by atoms with E-state index >= 15 is 0 Å². The van der Waals surface area contributed by atoms with E-state index in [-0.39, 0.29) is 5.91 Å². The van der Waals surface area contributed by atoms with Crippen molar-refractivity contribution in [1.82, 2.24) is 14.9 Å². The normalized spacial score (nSPS) is 14.1. The molecule has 3 aromatic rings. The molecule has 0 atom stereocenters. The number of benzene rings is 1. The first kappa shape index (κ1) is 17.1. The molecule has 1 aromatic carbocycles. The van der Waals surface area contributed by atoms with Crippen LogP contribution in [0.2, 0.25) is 0 Å². The molecule has 138 valence electrons. The summed E-state index contributed by atoms with van der Waals surface area (Å²) in [5, 5.41) is 0. The smallest absolute Gasteiger partial charge is 0.254 e. The van der Waals surface area contributed by atoms with Crippen molar-refractivity contribution in [2.75, 3.05) is 27.3 Å². The van der Waals surface area contributed by atoms with E-state index in [0.717, 1.165) is 23.0 Å². The van der Waals surface area contributed by atoms with Crippen molar-refractivity contribution in [3.05, 3.63) is 59.9 Å². The van der Waals surface area contributed by atoms with Gasteiger partial charge in [0.1, 0.15) is 0 Å². The number of ether oxygens (including phenoxy) is 2. The van der Waals surface area contributed by atoms with Crippen molar-refractivity contribution in [3.63, 3.8) is 0 Å². The summed E-state index contributed by atoms with van der Waals surface area (Å²) < 4.78 is 10.5. The molecule has 4 rings (SSSR count). The van der Waals surface area contributed by atoms with E-state index in [1.807, 2.05) is 23.2 Å². The fourth-order valence-electron chi connectivity index (χ4n) is 3.45. The average Bonchev–Trinajstić information content (AvgIpc) is 3.17. The maximum atomic E-state index is 12.9. The number of H-pyrrole nitrogens is 1. The van der Waals surface area contributed by atoms with Crippen LogP contribution in [0.5, 0.6) is 11.5 Å². The molecule has 0 aliphatic carbocycles. The first-order chi connectivity index (χ1) is 13.2. The molecule has 0 saturated carbocycles. The Kier molecular flexibility index (Phi) is 4.54. The van der Waals surface area contributed by atoms with Gasteiger partial charge in [-0.15, -0.1) is 0 Å². The minimum atomic E-state index is -0.0108. The monoisotopic (exact) mass is 363 g/mol. The van der Waals surface area contributed by atoms with Crippen LogP contribution in [0.1, 0.15) is 22.3 Å². The van der Waals surface area contributed by atoms with Gasteiger partial charge >= 0.3 is 0 Å². The molecule has 1 amide bonds. The molecule has 0 bridgehead atoms. The molecule has 6 nitrogen and oxygen atoms in total. The predicted octanol–water partition coefficient (Wildman–Crippen LogP) is 3.51. The lowest BCUT2D eigenvalue weighted by Crippen LogP contribution is -2.34. The second kappa shape index (κ2) is 7.15. The first-order valence-electron chi connectivity index (χ1n) is 8.84. The summed E-state index contributed by atoms with van der Waals surface area (Å²) in [6.45, 7) is 1.24. The molecule has 1 N–H and O–H groups in total. The van der Waals surface area contributed by atoms with Crippen LogP contribution in [-0.4, -0.2) is 48.1 Å². The zero-order valence-electron chi connectivity index (χ0n) is 15.4. The molecular formula is C21H21N3O3. The van der Waals surface area contributed by atoms with Crippen LogP contribution >= 0.6 is 0 Å². The van der Waals surface area contributed by atoms with Gasteiger partial charge in [-0.25, -0.2) is 0 Å². The van der Waals surface area contributed by atoms with Crippen LogP contribution in [0.25, 0.3) is 16.6 Å². The van der Waals surface area contributed by atoms with E-state index in [9.17, 15) is 4.79 Å². The second-order valence-corrected chi connectivity index (χ2v) is 6.40. The SMILES string of the molecule is COc1ccc(C(=O)N2CC=C(c3c[nH]c4cccnc34)CC2)cc1OC. The molecule has 2 aromatic heterocycles. The van der Waals surface area contributed by atoms with Crippen molar-refractivity contribution in [1.29, 1.82) is 0 Å². The third-order valence-electron chi connectivity index (χ3n) is 4.91. The number of aromatic amines is 1. The van der Waals surface area contributed by atoms with Crippen LogP contribution in [-0.2, 0) is 0 Å². The maximum Gasteiger partial charge on any atom is 0.254 e. The van der Waals surface area contributed by atoms with Crippen LogP contribution in [0.4, 0.5) is 0 Å². The van der Waals surface area contributed by atoms with Gasteiger partial charge in [-0.3, -0.25) is 9.78 Å². The van der Waals surface area contributed by atoms with E-state index in [0.29, 0.717) is 30.2 Å². The van der Waals surface area contributed by atoms with Gasteiger partial charge in [0.05, 0.1) is 25.3 Å². The summed E-state index contributed by atoms with van der Waals surface area (Å²) in [7, 11) is 3.15. The number of fused-ring (bicyclic) bond motifs is 1. The number of hydrogen-bond donors (Lipinski definition) is 1. The molecule has 0 spiro atoms. The highest BCUT2D eigenvalue weighted by Crippen LogP contribution is 2.30. The zero-order valence-corrected chi connectivity index (χ0v) is 15.4. The van der Waals surface area contributed by atoms with E-state index in [1.54, 1.807) is 38.6 Å². The third kappa shape index (κ3) is 3.14. The number of methoxy groups -OCH3 is 2. The Hall–Kier alpha value is -3.28. The number of carbonyl (C=O) groups excluding carboxylic acids is 1. The van der Waals surface area contributed by atoms with Crippen LogP contribution < -0.4 is 9.47 Å². The van der Waals surface area contributed by atoms with E-state index in [2.05, 4.69) is 16.0 Å². The molecule has 1 aliphatic rings. The molecule has 6 heteroatoms. The number of pyridine rings is 1. The molecule has 0 unspecified atom stereocenters. The largest absolute Gasteiger partial charge is 0.493 e. The second-order valence-electron chi connectivity index (χ2n) is 6.40. The highest BCUT2D eigenvalue weighted by atomic mass is 16.5. The number of aromatic nitrogens is 2. The van der Waals surface area contributed by atoms with Crippen molar-refractivity contribution < 1.29 is 14.3 Å². The van der Waals surface area contributed by atoms with Gasteiger partial charge in [-0.2, -0.15) is 0 Å². The zero-order chi connectivity index (χ0) is 18.8. The predicted molar refractivity (Wildman–Crippen MR) is 104 cm³/mol. The van der Waals surface area contributed by atoms with Gasteiger partial charge in [-0.1, -0.05) is 6.08 Å². The quantitative estimate of drug-likeness (QED) is 0.770. The molecule has 0 saturated heterocycles. The summed E-state index contributed by atoms with van der Waals surface area (Å²) >= 11 is 0. The Balaban J connectivity index is 1.54. The molecule has 27 heavy (non-hydrogen) atoms. The number of nitrogens with zero attached hydrogens (tertiary/aromatic N) is 2. The van der Waals surface area contributed by atoms with Gasteiger partial charge in [0.2, 0.25) is 0 Å². The lowest BCUT2D eigenvalue weighted by Gasteiger charge is -2.26. The van der Waals surface area contributed by atoms with Crippen molar-refractivity contribution >= 4 is 22.5 Å². The molecule has 0 radical (unpaired) electrons. The van der Waals surface area contributed by atoms with Crippen LogP contribution in [0.15, 0.2) is 48.8 Å². The van der Waals surface area contributed by atoms with Crippen molar-refractivity contribution in [2.45, 2.75) is 6.42 Å². The minimum Gasteiger partial charge on any atom is -0.493 e. The number of hydrogen-bond acceptors (Lipinski definition) is 4. The maximum absolute atomic E-state index is 12.9. The van der Waals surface area contributed by atoms with Crippen LogP contribution in [0.3, 0.4) is 0 Å². The fourth-order valence-corrected chi connectivity index (χ4v) is 3.45. The Labute approximate surface area is 157 Å². The number of carbonyl (C=O) groups is 1. The number of nitrogens with one attached hydrogen (secondary N) is 1. The highest BCUT2D eigenvalue weighted by molar-refractivity contribution is 5.96. The Morgan fingerprint density at radius 1 is 1.19 bits per heavy atom. The summed E-state index contributed by atoms with van der Waals surface area (Å²) in [6.07, 6.45) is 6.70. The Morgan fingerprint density at radius 3 is 2.78 bits per heavy atom. The Morgan fingerprint density at radius 2 is 2.04 bits per heavy atom. The number of amides is 1. The topological polar surface area (TPSA) is 67.5 Å². The minimum absolute atomic E-state index is 0.0108. The Bertz CT molecular complexity index is 1020. The van der Waals surface area contributed by atoms with E-state index in [4.69, 9.17) is 9.47 Å². The summed E-state index contributed by atoms with van der Waals surface area (Å²) in [5.41, 5.74) is 4.93. The summed E-state index contributed by atoms with van der Waals surface area (Å²) in [6, 6.07) is 9.19. The average molecular weight is 363 g/mol. The van der Waals surface area contributed by atoms with Crippen molar-refractivity contribution in [2.24, 2.45) is 0 Å². The van der Waals surface area contributed by atoms with E-state index in [1.165, 1.54) is 5.57 Å². The first-order valence-corrected chi connectivity index (χ1v) is 8.84. The molecular weight excluding hydrogens is 342 g/mol. The van der Waals surface area contributed by atoms with Gasteiger partial charge in [0, 0.05) is 36.6 Å². The van der Waals surface area contributed by atoms with Gasteiger partial charge < -0.3 is 19.4 Å². The highest BCUT2D eigenvalue weighted by Gasteiger charge is 2.21. The number of rotatable bonds is 4. The van der Waals surface area contributed by atoms with Gasteiger partial charge in [0.15, 0.2) is 11.5 Å². The lowest BCUT2D eigenvalue weighted by molar-refractivity contribution is 0.0772. The van der Waals surface area contributed by atoms with E-state index < -0.39 is 0 Å². The van der Waals surface area contributed by atoms with Gasteiger partial charge in [0.25, 0.3) is 5.91 Å². The summed E-state index contributed by atoms with van der Waals surface area (Å²) in [5.74, 6) is 1.16. The van der Waals surface area contributed by atoms with Gasteiger partial charge in [-0.05, 0) is 42.3 Å². The van der Waals surface area contributed by atoms with Crippen molar-refractivity contribution in [3.8, 4) is 11.5 Å². The molecule has 0 fully saturated rings. The lowest BCUT2D eigenvalue weighted by atomic mass is 10.0.